The van der Waals surface area contributed by atoms with Crippen LogP contribution in [-0.2, 0) is 16.0 Å². The number of alkyl halides is 2. The maximum Gasteiger partial charge on any atom is 0.310 e. The van der Waals surface area contributed by atoms with Crippen LogP contribution < -0.4 is 0 Å². The van der Waals surface area contributed by atoms with Gasteiger partial charge in [-0.05, 0) is 6.92 Å². The fourth-order valence-corrected chi connectivity index (χ4v) is 1.56. The molecule has 0 atom stereocenters. The van der Waals surface area contributed by atoms with Gasteiger partial charge in [0.25, 0.3) is 6.43 Å². The lowest BCUT2D eigenvalue weighted by Crippen LogP contribution is -2.09. The van der Waals surface area contributed by atoms with Crippen molar-refractivity contribution in [1.29, 1.82) is 5.26 Å². The lowest BCUT2D eigenvalue weighted by atomic mass is 10.1. The number of carbonyl (C=O) groups is 1. The summed E-state index contributed by atoms with van der Waals surface area (Å²) in [5, 5.41) is 8.60. The molecule has 0 unspecified atom stereocenters. The zero-order valence-electron chi connectivity index (χ0n) is 9.41. The molecule has 0 aliphatic rings. The van der Waals surface area contributed by atoms with Crippen molar-refractivity contribution in [2.75, 3.05) is 6.61 Å². The molecule has 0 spiro atoms. The lowest BCUT2D eigenvalue weighted by molar-refractivity contribution is -0.142. The van der Waals surface area contributed by atoms with Gasteiger partial charge < -0.3 is 4.74 Å². The number of nitriles is 1. The van der Waals surface area contributed by atoms with E-state index in [-0.39, 0.29) is 23.6 Å². The van der Waals surface area contributed by atoms with Crippen molar-refractivity contribution in [1.82, 2.24) is 4.98 Å². The second kappa shape index (κ2) is 6.26. The summed E-state index contributed by atoms with van der Waals surface area (Å²) >= 11 is 5.80. The first-order valence-corrected chi connectivity index (χ1v) is 5.40. The van der Waals surface area contributed by atoms with E-state index < -0.39 is 23.7 Å². The maximum absolute atomic E-state index is 12.5. The van der Waals surface area contributed by atoms with Gasteiger partial charge in [-0.2, -0.15) is 5.26 Å². The summed E-state index contributed by atoms with van der Waals surface area (Å²) in [6.45, 7) is 1.84. The number of aromatic nitrogens is 1. The Morgan fingerprint density at radius 2 is 2.33 bits per heavy atom. The number of rotatable bonds is 4. The third-order valence-electron chi connectivity index (χ3n) is 2.08. The summed E-state index contributed by atoms with van der Waals surface area (Å²) in [7, 11) is 0. The molecule has 0 radical (unpaired) electrons. The van der Waals surface area contributed by atoms with E-state index >= 15 is 0 Å². The number of ether oxygens (including phenoxy) is 1. The van der Waals surface area contributed by atoms with E-state index in [1.807, 2.05) is 0 Å². The molecule has 18 heavy (non-hydrogen) atoms. The predicted octanol–water partition coefficient (Wildman–Crippen LogP) is 2.65. The average Bonchev–Trinajstić information content (AvgIpc) is 2.31. The Morgan fingerprint density at radius 3 is 2.83 bits per heavy atom. The lowest BCUT2D eigenvalue weighted by Gasteiger charge is -2.08. The van der Waals surface area contributed by atoms with Crippen LogP contribution in [0.4, 0.5) is 8.78 Å². The SMILES string of the molecule is CCOC(=O)Cc1cnc(C(F)F)c(C#N)c1Cl. The van der Waals surface area contributed by atoms with Crippen molar-refractivity contribution >= 4 is 17.6 Å². The van der Waals surface area contributed by atoms with Gasteiger partial charge in [-0.3, -0.25) is 9.78 Å². The van der Waals surface area contributed by atoms with Gasteiger partial charge in [-0.1, -0.05) is 11.6 Å². The van der Waals surface area contributed by atoms with Crippen molar-refractivity contribution in [2.45, 2.75) is 19.8 Å². The molecule has 96 valence electrons. The minimum absolute atomic E-state index is 0.184. The molecule has 1 rings (SSSR count). The van der Waals surface area contributed by atoms with Crippen LogP contribution in [0.25, 0.3) is 0 Å². The van der Waals surface area contributed by atoms with Crippen molar-refractivity contribution in [3.05, 3.63) is 28.0 Å². The molecule has 0 aliphatic carbocycles. The summed E-state index contributed by atoms with van der Waals surface area (Å²) in [6, 6.07) is 1.56. The highest BCUT2D eigenvalue weighted by molar-refractivity contribution is 6.32. The van der Waals surface area contributed by atoms with Gasteiger partial charge in [0.1, 0.15) is 11.8 Å². The first-order valence-electron chi connectivity index (χ1n) is 5.02. The standard InChI is InChI=1S/C11H9ClF2N2O2/c1-2-18-8(17)3-6-5-16-10(11(13)14)7(4-15)9(6)12/h5,11H,2-3H2,1H3. The monoisotopic (exact) mass is 274 g/mol. The Kier molecular flexibility index (Phi) is 4.98. The van der Waals surface area contributed by atoms with Crippen molar-refractivity contribution < 1.29 is 18.3 Å². The number of hydrogen-bond acceptors (Lipinski definition) is 4. The molecule has 0 saturated heterocycles. The van der Waals surface area contributed by atoms with E-state index in [2.05, 4.69) is 4.98 Å². The molecule has 4 nitrogen and oxygen atoms in total. The van der Waals surface area contributed by atoms with Crippen molar-refractivity contribution in [3.63, 3.8) is 0 Å². The largest absolute Gasteiger partial charge is 0.466 e. The molecule has 0 bridgehead atoms. The average molecular weight is 275 g/mol. The van der Waals surface area contributed by atoms with Crippen LogP contribution in [0, 0.1) is 11.3 Å². The molecule has 0 aliphatic heterocycles. The first kappa shape index (κ1) is 14.3. The maximum atomic E-state index is 12.5. The van der Waals surface area contributed by atoms with E-state index in [0.29, 0.717) is 0 Å². The highest BCUT2D eigenvalue weighted by Crippen LogP contribution is 2.28. The summed E-state index contributed by atoms with van der Waals surface area (Å²) in [5.41, 5.74) is -0.903. The van der Waals surface area contributed by atoms with E-state index in [1.54, 1.807) is 13.0 Å². The van der Waals surface area contributed by atoms with Gasteiger partial charge in [-0.25, -0.2) is 8.78 Å². The Hall–Kier alpha value is -1.74. The third kappa shape index (κ3) is 3.14. The molecule has 0 fully saturated rings. The van der Waals surface area contributed by atoms with Crippen LogP contribution in [0.2, 0.25) is 5.02 Å². The molecule has 1 aromatic rings. The summed E-state index contributed by atoms with van der Waals surface area (Å²) in [5.74, 6) is -0.560. The molecule has 1 aromatic heterocycles. The molecular formula is C11H9ClF2N2O2. The number of hydrogen-bond donors (Lipinski definition) is 0. The van der Waals surface area contributed by atoms with Crippen molar-refractivity contribution in [2.24, 2.45) is 0 Å². The predicted molar refractivity (Wildman–Crippen MR) is 59.3 cm³/mol. The summed E-state index contributed by atoms with van der Waals surface area (Å²) < 4.78 is 29.8. The van der Waals surface area contributed by atoms with Gasteiger partial charge in [0.15, 0.2) is 0 Å². The van der Waals surface area contributed by atoms with Gasteiger partial charge in [0.2, 0.25) is 0 Å². The molecule has 0 saturated carbocycles. The van der Waals surface area contributed by atoms with Crippen LogP contribution in [0.5, 0.6) is 0 Å². The first-order chi connectivity index (χ1) is 8.51. The Bertz CT molecular complexity index is 501. The Labute approximate surface area is 107 Å². The Morgan fingerprint density at radius 1 is 1.67 bits per heavy atom. The number of halogens is 3. The van der Waals surface area contributed by atoms with E-state index in [1.165, 1.54) is 0 Å². The van der Waals surface area contributed by atoms with Gasteiger partial charge in [-0.15, -0.1) is 0 Å². The highest BCUT2D eigenvalue weighted by Gasteiger charge is 2.21. The van der Waals surface area contributed by atoms with Crippen molar-refractivity contribution in [3.8, 4) is 6.07 Å². The zero-order chi connectivity index (χ0) is 13.7. The van der Waals surface area contributed by atoms with Gasteiger partial charge in [0, 0.05) is 11.8 Å². The minimum Gasteiger partial charge on any atom is -0.466 e. The fourth-order valence-electron chi connectivity index (χ4n) is 1.30. The van der Waals surface area contributed by atoms with Gasteiger partial charge >= 0.3 is 5.97 Å². The number of pyridine rings is 1. The number of esters is 1. The molecule has 0 aromatic carbocycles. The van der Waals surface area contributed by atoms with Crippen LogP contribution in [0.1, 0.15) is 30.2 Å². The molecule has 7 heteroatoms. The van der Waals surface area contributed by atoms with Gasteiger partial charge in [0.05, 0.1) is 23.6 Å². The molecule has 1 heterocycles. The summed E-state index contributed by atoms with van der Waals surface area (Å²) in [4.78, 5) is 14.7. The van der Waals surface area contributed by atoms with E-state index in [0.717, 1.165) is 6.20 Å². The highest BCUT2D eigenvalue weighted by atomic mass is 35.5. The van der Waals surface area contributed by atoms with Crippen LogP contribution in [0.3, 0.4) is 0 Å². The third-order valence-corrected chi connectivity index (χ3v) is 2.51. The topological polar surface area (TPSA) is 63.0 Å². The quantitative estimate of drug-likeness (QED) is 0.792. The van der Waals surface area contributed by atoms with Crippen LogP contribution in [-0.4, -0.2) is 17.6 Å². The fraction of sp³-hybridized carbons (Fsp3) is 0.364. The number of carbonyl (C=O) groups excluding carboxylic acids is 1. The summed E-state index contributed by atoms with van der Waals surface area (Å²) in [6.07, 6.45) is -2.05. The second-order valence-corrected chi connectivity index (χ2v) is 3.63. The molecule has 0 N–H and O–H groups in total. The van der Waals surface area contributed by atoms with E-state index in [9.17, 15) is 13.6 Å². The zero-order valence-corrected chi connectivity index (χ0v) is 10.2. The molecule has 0 amide bonds. The normalized spacial score (nSPS) is 10.2. The van der Waals surface area contributed by atoms with Crippen LogP contribution >= 0.6 is 11.6 Å². The van der Waals surface area contributed by atoms with Crippen LogP contribution in [0.15, 0.2) is 6.20 Å². The minimum atomic E-state index is -2.89. The molecular weight excluding hydrogens is 266 g/mol. The smallest absolute Gasteiger partial charge is 0.310 e. The Balaban J connectivity index is 3.11. The second-order valence-electron chi connectivity index (χ2n) is 3.25. The number of nitrogens with zero attached hydrogens (tertiary/aromatic N) is 2. The van der Waals surface area contributed by atoms with E-state index in [4.69, 9.17) is 21.6 Å².